The zero-order valence-electron chi connectivity index (χ0n) is 25.4. The highest BCUT2D eigenvalue weighted by Crippen LogP contribution is 2.61. The molecule has 0 amide bonds. The van der Waals surface area contributed by atoms with E-state index in [9.17, 15) is 0 Å². The smallest absolute Gasteiger partial charge is 0.145 e. The summed E-state index contributed by atoms with van der Waals surface area (Å²) in [7, 11) is 0. The third-order valence-electron chi connectivity index (χ3n) is 10.5. The van der Waals surface area contributed by atoms with E-state index in [0.717, 1.165) is 28.1 Å². The van der Waals surface area contributed by atoms with Gasteiger partial charge in [0.2, 0.25) is 0 Å². The van der Waals surface area contributed by atoms with Crippen LogP contribution in [0.25, 0.3) is 66.7 Å². The molecule has 2 aliphatic rings. The summed E-state index contributed by atoms with van der Waals surface area (Å²) in [6.45, 7) is 0. The lowest BCUT2D eigenvalue weighted by Gasteiger charge is -2.39. The van der Waals surface area contributed by atoms with Gasteiger partial charge in [0, 0.05) is 22.0 Å². The molecule has 218 valence electrons. The number of hydrogen-bond acceptors (Lipinski definition) is 1. The Kier molecular flexibility index (Phi) is 4.78. The first-order valence-electron chi connectivity index (χ1n) is 16.2. The van der Waals surface area contributed by atoms with Crippen LogP contribution in [0.15, 0.2) is 164 Å². The Labute approximate surface area is 271 Å². The topological polar surface area (TPSA) is 22.8 Å². The van der Waals surface area contributed by atoms with Gasteiger partial charge in [0.1, 0.15) is 5.82 Å². The van der Waals surface area contributed by atoms with Gasteiger partial charge in [0.15, 0.2) is 0 Å². The Balaban J connectivity index is 1.25. The summed E-state index contributed by atoms with van der Waals surface area (Å²) in [5.74, 6) is 0.949. The fraction of sp³-hybridized carbons (Fsp3) is 0.0227. The van der Waals surface area contributed by atoms with Gasteiger partial charge in [-0.1, -0.05) is 121 Å². The Morgan fingerprint density at radius 2 is 1.13 bits per heavy atom. The summed E-state index contributed by atoms with van der Waals surface area (Å²) >= 11 is 0. The Bertz CT molecular complexity index is 2750. The molecule has 3 heterocycles. The lowest BCUT2D eigenvalue weighted by atomic mass is 9.65. The molecule has 1 aliphatic carbocycles. The molecule has 47 heavy (non-hydrogen) atoms. The summed E-state index contributed by atoms with van der Waals surface area (Å²) in [4.78, 5) is 5.23. The fourth-order valence-electron chi connectivity index (χ4n) is 8.76. The number of rotatable bonds is 2. The number of nitrogens with zero attached hydrogens (tertiary/aromatic N) is 3. The molecule has 7 aromatic carbocycles. The standard InChI is InChI=1S/C44H27N3/c1-2-13-29(14-3-1)46-41-24-11-8-21-38(41)45-43(46)28-25-26-35-33(27-28)30-15-4-6-18-34(30)44(35)36-19-7-10-23-40(36)47-39-22-9-5-16-31(39)32-17-12-20-37(44)42(32)47/h1-27H. The molecule has 0 bridgehead atoms. The van der Waals surface area contributed by atoms with E-state index in [0.29, 0.717) is 0 Å². The van der Waals surface area contributed by atoms with Crippen LogP contribution in [-0.4, -0.2) is 14.1 Å². The third kappa shape index (κ3) is 3.04. The van der Waals surface area contributed by atoms with Crippen molar-refractivity contribution in [3.05, 3.63) is 186 Å². The van der Waals surface area contributed by atoms with Crippen molar-refractivity contribution in [2.24, 2.45) is 0 Å². The van der Waals surface area contributed by atoms with Crippen LogP contribution in [0.4, 0.5) is 0 Å². The minimum absolute atomic E-state index is 0.454. The molecule has 1 unspecified atom stereocenters. The van der Waals surface area contributed by atoms with Crippen molar-refractivity contribution in [2.45, 2.75) is 5.41 Å². The zero-order valence-corrected chi connectivity index (χ0v) is 25.4. The molecular formula is C44H27N3. The van der Waals surface area contributed by atoms with Crippen LogP contribution >= 0.6 is 0 Å². The van der Waals surface area contributed by atoms with Crippen molar-refractivity contribution < 1.29 is 0 Å². The van der Waals surface area contributed by atoms with Crippen molar-refractivity contribution in [3.8, 4) is 33.9 Å². The number of hydrogen-bond donors (Lipinski definition) is 0. The van der Waals surface area contributed by atoms with Gasteiger partial charge >= 0.3 is 0 Å². The summed E-state index contributed by atoms with van der Waals surface area (Å²) in [5, 5.41) is 2.59. The highest BCUT2D eigenvalue weighted by atomic mass is 15.1. The van der Waals surface area contributed by atoms with Crippen molar-refractivity contribution in [3.63, 3.8) is 0 Å². The molecule has 0 N–H and O–H groups in total. The minimum atomic E-state index is -0.454. The number of benzene rings is 7. The molecule has 2 aromatic heterocycles. The monoisotopic (exact) mass is 597 g/mol. The summed E-state index contributed by atoms with van der Waals surface area (Å²) in [6.07, 6.45) is 0. The normalized spacial score (nSPS) is 15.7. The second-order valence-electron chi connectivity index (χ2n) is 12.7. The van der Waals surface area contributed by atoms with Crippen molar-refractivity contribution in [1.29, 1.82) is 0 Å². The Hall–Kier alpha value is -6.19. The van der Waals surface area contributed by atoms with Crippen LogP contribution in [0.1, 0.15) is 22.3 Å². The molecule has 0 radical (unpaired) electrons. The highest BCUT2D eigenvalue weighted by Gasteiger charge is 2.50. The van der Waals surface area contributed by atoms with Gasteiger partial charge in [-0.3, -0.25) is 4.57 Å². The van der Waals surface area contributed by atoms with Crippen LogP contribution < -0.4 is 0 Å². The van der Waals surface area contributed by atoms with Crippen molar-refractivity contribution in [2.75, 3.05) is 0 Å². The molecule has 3 nitrogen and oxygen atoms in total. The number of aromatic nitrogens is 3. The van der Waals surface area contributed by atoms with Gasteiger partial charge < -0.3 is 4.57 Å². The predicted octanol–water partition coefficient (Wildman–Crippen LogP) is 10.5. The van der Waals surface area contributed by atoms with Gasteiger partial charge in [-0.25, -0.2) is 4.98 Å². The molecular weight excluding hydrogens is 571 g/mol. The molecule has 1 spiro atoms. The second-order valence-corrected chi connectivity index (χ2v) is 12.7. The van der Waals surface area contributed by atoms with E-state index in [1.54, 1.807) is 0 Å². The average molecular weight is 598 g/mol. The quantitative estimate of drug-likeness (QED) is 0.194. The lowest BCUT2D eigenvalue weighted by Crippen LogP contribution is -2.33. The van der Waals surface area contributed by atoms with E-state index in [-0.39, 0.29) is 0 Å². The highest BCUT2D eigenvalue weighted by molar-refractivity contribution is 6.12. The van der Waals surface area contributed by atoms with Crippen LogP contribution in [0.2, 0.25) is 0 Å². The van der Waals surface area contributed by atoms with E-state index in [2.05, 4.69) is 173 Å². The van der Waals surface area contributed by atoms with E-state index >= 15 is 0 Å². The van der Waals surface area contributed by atoms with Crippen LogP contribution in [0.3, 0.4) is 0 Å². The van der Waals surface area contributed by atoms with E-state index in [1.807, 2.05) is 0 Å². The summed E-state index contributed by atoms with van der Waals surface area (Å²) < 4.78 is 4.79. The molecule has 1 aliphatic heterocycles. The number of para-hydroxylation sites is 6. The molecule has 11 rings (SSSR count). The maximum absolute atomic E-state index is 5.23. The van der Waals surface area contributed by atoms with Gasteiger partial charge in [0.25, 0.3) is 0 Å². The van der Waals surface area contributed by atoms with E-state index in [4.69, 9.17) is 4.98 Å². The molecule has 0 saturated heterocycles. The van der Waals surface area contributed by atoms with Crippen LogP contribution in [0, 0.1) is 0 Å². The fourth-order valence-corrected chi connectivity index (χ4v) is 8.76. The van der Waals surface area contributed by atoms with Crippen molar-refractivity contribution in [1.82, 2.24) is 14.1 Å². The summed E-state index contributed by atoms with van der Waals surface area (Å²) in [5.41, 5.74) is 15.5. The molecule has 0 saturated carbocycles. The Morgan fingerprint density at radius 3 is 2.04 bits per heavy atom. The second kappa shape index (κ2) is 8.96. The Morgan fingerprint density at radius 1 is 0.447 bits per heavy atom. The van der Waals surface area contributed by atoms with Gasteiger partial charge in [-0.05, 0) is 75.8 Å². The third-order valence-corrected chi connectivity index (χ3v) is 10.5. The molecule has 1 atom stereocenters. The maximum atomic E-state index is 5.23. The van der Waals surface area contributed by atoms with Crippen LogP contribution in [0.5, 0.6) is 0 Å². The van der Waals surface area contributed by atoms with E-state index in [1.165, 1.54) is 60.9 Å². The molecule has 3 heteroatoms. The predicted molar refractivity (Wildman–Crippen MR) is 192 cm³/mol. The molecule has 0 fully saturated rings. The average Bonchev–Trinajstić information content (AvgIpc) is 3.79. The maximum Gasteiger partial charge on any atom is 0.145 e. The first kappa shape index (κ1) is 25.1. The largest absolute Gasteiger partial charge is 0.309 e. The van der Waals surface area contributed by atoms with Gasteiger partial charge in [0.05, 0.1) is 33.2 Å². The van der Waals surface area contributed by atoms with E-state index < -0.39 is 5.41 Å². The zero-order chi connectivity index (χ0) is 30.7. The SMILES string of the molecule is c1ccc(-n2c(-c3ccc4c(c3)-c3ccccc3C43c4ccccc4-n4c5ccccc5c5cccc3c54)nc3ccccc32)cc1. The molecule has 9 aromatic rings. The van der Waals surface area contributed by atoms with Gasteiger partial charge in [-0.15, -0.1) is 0 Å². The first-order valence-corrected chi connectivity index (χ1v) is 16.2. The van der Waals surface area contributed by atoms with Crippen molar-refractivity contribution >= 4 is 32.8 Å². The van der Waals surface area contributed by atoms with Gasteiger partial charge in [-0.2, -0.15) is 0 Å². The number of imidazole rings is 1. The lowest BCUT2D eigenvalue weighted by molar-refractivity contribution is 0.748. The minimum Gasteiger partial charge on any atom is -0.309 e. The van der Waals surface area contributed by atoms with Crippen LogP contribution in [-0.2, 0) is 5.41 Å². The summed E-state index contributed by atoms with van der Waals surface area (Å²) in [6, 6.07) is 59.9. The number of fused-ring (bicyclic) bond motifs is 13. The first-order chi connectivity index (χ1) is 23.3.